The monoisotopic (exact) mass is 1710 g/mol. The van der Waals surface area contributed by atoms with Crippen molar-refractivity contribution in [1.29, 1.82) is 0 Å². The molecule has 12 aromatic rings. The van der Waals surface area contributed by atoms with Crippen molar-refractivity contribution in [2.45, 2.75) is 71.6 Å². The number of aryl methyl sites for hydroxylation is 1. The molecule has 0 aliphatic carbocycles. The highest BCUT2D eigenvalue weighted by molar-refractivity contribution is 5.94. The lowest BCUT2D eigenvalue weighted by Crippen LogP contribution is -2.47. The average Bonchev–Trinajstić information content (AvgIpc) is 0.790. The Morgan fingerprint density at radius 3 is 1.37 bits per heavy atom. The van der Waals surface area contributed by atoms with Crippen LogP contribution < -0.4 is 68.7 Å². The number of likely N-dealkylation sites (N-methyl/N-ethyl adjacent to an activating group) is 1. The first-order valence-corrected chi connectivity index (χ1v) is 44.8. The van der Waals surface area contributed by atoms with Crippen molar-refractivity contribution in [3.8, 4) is 34.5 Å². The summed E-state index contributed by atoms with van der Waals surface area (Å²) in [4.78, 5) is 90.0. The van der Waals surface area contributed by atoms with Crippen LogP contribution in [0.5, 0.6) is 34.5 Å². The summed E-state index contributed by atoms with van der Waals surface area (Å²) < 4.78 is 36.2. The molecule has 6 saturated heterocycles. The zero-order valence-corrected chi connectivity index (χ0v) is 73.7. The van der Waals surface area contributed by atoms with Crippen LogP contribution in [0, 0.1) is 12.8 Å². The molecule has 0 amide bonds. The molecule has 18 rings (SSSR count). The zero-order chi connectivity index (χ0) is 86.3. The highest BCUT2D eigenvalue weighted by Crippen LogP contribution is 2.40. The summed E-state index contributed by atoms with van der Waals surface area (Å²) in [5.41, 5.74) is 9.69. The molecule has 0 radical (unpaired) electrons. The number of nitrogens with zero attached hydrogens (tertiary/aromatic N) is 21. The van der Waals surface area contributed by atoms with E-state index in [4.69, 9.17) is 33.4 Å². The van der Waals surface area contributed by atoms with Gasteiger partial charge in [0.1, 0.15) is 36.4 Å². The fourth-order valence-electron chi connectivity index (χ4n) is 17.1. The summed E-state index contributed by atoms with van der Waals surface area (Å²) in [6, 6.07) is 40.7. The van der Waals surface area contributed by atoms with E-state index in [9.17, 15) is 4.79 Å². The number of hydrogen-bond acceptors (Lipinski definition) is 29. The number of nitrogens with one attached hydrogen (secondary N) is 2. The minimum Gasteiger partial charge on any atom is -0.493 e. The van der Waals surface area contributed by atoms with Gasteiger partial charge in [-0.1, -0.05) is 84.8 Å². The third-order valence-electron chi connectivity index (χ3n) is 24.5. The second-order valence-electron chi connectivity index (χ2n) is 33.4. The molecule has 30 nitrogen and oxygen atoms in total. The van der Waals surface area contributed by atoms with Crippen LogP contribution in [0.25, 0.3) is 32.7 Å². The number of H-pyrrole nitrogens is 1. The lowest BCUT2D eigenvalue weighted by atomic mass is 9.98. The van der Waals surface area contributed by atoms with Crippen molar-refractivity contribution in [1.82, 2.24) is 79.4 Å². The van der Waals surface area contributed by atoms with Gasteiger partial charge < -0.3 is 82.7 Å². The molecule has 0 bridgehead atoms. The Labute approximate surface area is 738 Å². The highest BCUT2D eigenvalue weighted by Gasteiger charge is 2.29. The predicted octanol–water partition coefficient (Wildman–Crippen LogP) is 12.2. The smallest absolute Gasteiger partial charge is 0.255 e. The number of piperidine rings is 2. The Hall–Kier alpha value is -12.4. The van der Waals surface area contributed by atoms with E-state index in [0.29, 0.717) is 74.9 Å². The predicted molar refractivity (Wildman–Crippen MR) is 498 cm³/mol. The molecule has 6 fully saturated rings. The van der Waals surface area contributed by atoms with Gasteiger partial charge in [0.2, 0.25) is 17.8 Å². The highest BCUT2D eigenvalue weighted by atomic mass is 16.5. The summed E-state index contributed by atoms with van der Waals surface area (Å²) in [5.74, 6) is 9.71. The Morgan fingerprint density at radius 2 is 0.849 bits per heavy atom. The van der Waals surface area contributed by atoms with Crippen LogP contribution in [0.15, 0.2) is 176 Å². The number of benzene rings is 6. The number of methoxy groups -OCH3 is 2. The molecule has 6 aromatic carbocycles. The Kier molecular flexibility index (Phi) is 29.7. The molecule has 0 saturated carbocycles. The van der Waals surface area contributed by atoms with E-state index in [1.807, 2.05) is 105 Å². The molecule has 2 N–H and O–H groups in total. The molecular formula is C96H119N23O7. The maximum atomic E-state index is 12.8. The van der Waals surface area contributed by atoms with Gasteiger partial charge in [0.15, 0.2) is 34.5 Å². The molecule has 0 atom stereocenters. The van der Waals surface area contributed by atoms with Crippen LogP contribution in [0.2, 0.25) is 0 Å². The van der Waals surface area contributed by atoms with Crippen LogP contribution >= 0.6 is 0 Å². The van der Waals surface area contributed by atoms with E-state index in [0.717, 1.165) is 257 Å². The third-order valence-corrected chi connectivity index (χ3v) is 24.5. The molecule has 0 spiro atoms. The van der Waals surface area contributed by atoms with Gasteiger partial charge in [-0.15, -0.1) is 0 Å². The van der Waals surface area contributed by atoms with Crippen molar-refractivity contribution in [3.05, 3.63) is 209 Å². The number of likely N-dealkylation sites (tertiary alicyclic amines) is 2. The van der Waals surface area contributed by atoms with E-state index in [2.05, 4.69) is 179 Å². The fraction of sp³-hybridized carbons (Fsp3) is 0.438. The minimum absolute atomic E-state index is 0.0917. The van der Waals surface area contributed by atoms with Gasteiger partial charge in [-0.05, 0) is 146 Å². The van der Waals surface area contributed by atoms with Crippen LogP contribution in [0.4, 0.5) is 46.7 Å². The van der Waals surface area contributed by atoms with E-state index in [-0.39, 0.29) is 5.56 Å². The van der Waals surface area contributed by atoms with Gasteiger partial charge in [0.25, 0.3) is 5.56 Å². The van der Waals surface area contributed by atoms with E-state index in [1.54, 1.807) is 39.4 Å². The van der Waals surface area contributed by atoms with Gasteiger partial charge in [0.05, 0.1) is 75.3 Å². The van der Waals surface area contributed by atoms with Crippen LogP contribution in [-0.2, 0) is 12.8 Å². The van der Waals surface area contributed by atoms with Crippen molar-refractivity contribution >= 4 is 79.4 Å². The molecule has 30 heteroatoms. The Morgan fingerprint density at radius 1 is 0.405 bits per heavy atom. The first-order valence-electron chi connectivity index (χ1n) is 44.8. The van der Waals surface area contributed by atoms with Crippen LogP contribution in [0.3, 0.4) is 0 Å². The zero-order valence-electron chi connectivity index (χ0n) is 73.7. The lowest BCUT2D eigenvalue weighted by Gasteiger charge is -2.36. The SMILES string of the molecule is CCOc1cc2ncnc(N3CCN(c4ncc(Cc5ccccc5)c(=O)[nH]4)CC3)c2cc1OCC1CCN(C)CC1.COc1cc2c(N3CCN(c4ncc(Nc5ccc(C)cc5)cn4)CC3)ncnc2cc1OCCCN1CCCCC1.COc1cc2ncnc(N3CCN(c4ncc(Cc5ccccc5)cn4)CC3)c2cc1OCCCN1CCN(C)CC1. The van der Waals surface area contributed by atoms with Crippen molar-refractivity contribution in [3.63, 3.8) is 0 Å². The number of rotatable bonds is 29. The van der Waals surface area contributed by atoms with Crippen LogP contribution in [-0.4, -0.2) is 278 Å². The van der Waals surface area contributed by atoms with Crippen molar-refractivity contribution in [2.75, 3.05) is 233 Å². The first kappa shape index (κ1) is 87.1. The standard InChI is InChI=1S/2C32H40N8O2.C32H39N7O3/c1-24-7-9-25(10-8-24)37-26-21-33-32(34-22-26)40-16-14-39(15-17-40)31-27-19-29(41-2)30(20-28(27)35-23-36-31)42-18-6-13-38-11-4-3-5-12-38;1-37-10-12-38(13-11-37)9-6-18-42-30-20-27-28(21-29(30)41-2)35-24-36-31(27)39-14-16-40(17-15-39)32-33-22-26(23-34-32)19-25-7-4-3-5-8-25;1-3-41-29-19-27-26(18-28(29)42-21-24-9-11-37(2)12-10-24)30(35-22-34-27)38-13-15-39(16-14-38)32-33-20-25(31(40)36-32)17-23-7-5-4-6-8-23/h7-10,19-23,37H,3-6,11-18H2,1-2H3;3-5,7-8,20-24H,6,9-19H2,1-2H3;4-8,18-20,22,24H,3,9-17,21H2,1-2H3,(H,33,36,40). The quantitative estimate of drug-likeness (QED) is 0.0412. The number of aromatic nitrogens is 12. The van der Waals surface area contributed by atoms with Crippen LogP contribution in [0.1, 0.15) is 79.7 Å². The molecule has 6 aliphatic heterocycles. The maximum Gasteiger partial charge on any atom is 0.255 e. The van der Waals surface area contributed by atoms with E-state index >= 15 is 0 Å². The molecule has 126 heavy (non-hydrogen) atoms. The number of hydrogen-bond donors (Lipinski definition) is 2. The summed E-state index contributed by atoms with van der Waals surface area (Å²) in [5, 5.41) is 6.25. The summed E-state index contributed by atoms with van der Waals surface area (Å²) in [6.45, 7) is 27.2. The molecule has 0 unspecified atom stereocenters. The van der Waals surface area contributed by atoms with Gasteiger partial charge in [-0.3, -0.25) is 9.78 Å². The lowest BCUT2D eigenvalue weighted by molar-refractivity contribution is 0.145. The van der Waals surface area contributed by atoms with Gasteiger partial charge in [-0.25, -0.2) is 54.8 Å². The van der Waals surface area contributed by atoms with E-state index in [1.165, 1.54) is 43.5 Å². The number of fused-ring (bicyclic) bond motifs is 3. The summed E-state index contributed by atoms with van der Waals surface area (Å²) in [7, 11) is 7.72. The van der Waals surface area contributed by atoms with Gasteiger partial charge in [0, 0.05) is 195 Å². The number of ether oxygens (including phenoxy) is 6. The van der Waals surface area contributed by atoms with Gasteiger partial charge in [-0.2, -0.15) is 0 Å². The van der Waals surface area contributed by atoms with Crippen molar-refractivity contribution < 1.29 is 28.4 Å². The molecule has 12 heterocycles. The summed E-state index contributed by atoms with van der Waals surface area (Å²) >= 11 is 0. The average molecular weight is 1710 g/mol. The number of anilines is 8. The molecule has 6 aliphatic rings. The number of aromatic amines is 1. The first-order chi connectivity index (χ1) is 61.9. The Bertz CT molecular complexity index is 5510. The molecule has 6 aromatic heterocycles. The number of piperazine rings is 4. The second kappa shape index (κ2) is 43.0. The topological polar surface area (TPSA) is 274 Å². The maximum absolute atomic E-state index is 12.8. The normalized spacial score (nSPS) is 16.4. The van der Waals surface area contributed by atoms with E-state index < -0.39 is 0 Å². The largest absolute Gasteiger partial charge is 0.493 e. The fourth-order valence-corrected chi connectivity index (χ4v) is 17.1. The van der Waals surface area contributed by atoms with Gasteiger partial charge >= 0.3 is 0 Å². The second-order valence-corrected chi connectivity index (χ2v) is 33.4. The summed E-state index contributed by atoms with van der Waals surface area (Å²) in [6.07, 6.45) is 23.8. The molecule has 660 valence electrons. The molecular weight excluding hydrogens is 1590 g/mol. The Balaban J connectivity index is 0.000000139. The third kappa shape index (κ3) is 22.8. The van der Waals surface area contributed by atoms with Crippen molar-refractivity contribution in [2.24, 2.45) is 5.92 Å². The minimum atomic E-state index is -0.0917.